The van der Waals surface area contributed by atoms with Crippen molar-refractivity contribution >= 4 is 23.5 Å². The summed E-state index contributed by atoms with van der Waals surface area (Å²) < 4.78 is 5.50. The highest BCUT2D eigenvalue weighted by Gasteiger charge is 2.37. The Morgan fingerprint density at radius 3 is 2.81 bits per heavy atom. The highest BCUT2D eigenvalue weighted by atomic mass is 35.5. The maximum absolute atomic E-state index is 12.1. The third-order valence-corrected chi connectivity index (χ3v) is 3.43. The summed E-state index contributed by atoms with van der Waals surface area (Å²) >= 11 is 5.86. The quantitative estimate of drug-likeness (QED) is 0.822. The Morgan fingerprint density at radius 1 is 1.38 bits per heavy atom. The molecule has 21 heavy (non-hydrogen) atoms. The summed E-state index contributed by atoms with van der Waals surface area (Å²) in [7, 11) is 0. The Hall–Kier alpha value is -1.75. The second-order valence-electron chi connectivity index (χ2n) is 5.43. The van der Waals surface area contributed by atoms with Gasteiger partial charge in [-0.3, -0.25) is 9.69 Å². The van der Waals surface area contributed by atoms with Crippen LogP contribution in [0.15, 0.2) is 24.3 Å². The summed E-state index contributed by atoms with van der Waals surface area (Å²) in [6.45, 7) is 4.51. The van der Waals surface area contributed by atoms with Crippen LogP contribution in [0.5, 0.6) is 5.75 Å². The van der Waals surface area contributed by atoms with Gasteiger partial charge in [0.1, 0.15) is 18.4 Å². The van der Waals surface area contributed by atoms with E-state index in [1.807, 2.05) is 13.8 Å². The molecule has 1 aromatic carbocycles. The minimum Gasteiger partial charge on any atom is -0.492 e. The molecule has 5 nitrogen and oxygen atoms in total. The molecule has 1 unspecified atom stereocenters. The van der Waals surface area contributed by atoms with Crippen molar-refractivity contribution in [3.63, 3.8) is 0 Å². The average molecular weight is 311 g/mol. The third-order valence-electron chi connectivity index (χ3n) is 3.19. The van der Waals surface area contributed by atoms with Gasteiger partial charge in [-0.1, -0.05) is 31.5 Å². The van der Waals surface area contributed by atoms with Gasteiger partial charge in [0.15, 0.2) is 0 Å². The van der Waals surface area contributed by atoms with Crippen molar-refractivity contribution in [2.45, 2.75) is 26.3 Å². The van der Waals surface area contributed by atoms with Gasteiger partial charge < -0.3 is 10.1 Å². The molecule has 1 N–H and O–H groups in total. The van der Waals surface area contributed by atoms with Crippen molar-refractivity contribution in [1.82, 2.24) is 10.2 Å². The topological polar surface area (TPSA) is 58.6 Å². The van der Waals surface area contributed by atoms with Crippen LogP contribution in [0.1, 0.15) is 20.3 Å². The molecule has 1 saturated heterocycles. The average Bonchev–Trinajstić information content (AvgIpc) is 2.65. The molecular weight excluding hydrogens is 292 g/mol. The number of ether oxygens (including phenoxy) is 1. The molecular formula is C15H19ClN2O3. The number of benzene rings is 1. The first-order valence-corrected chi connectivity index (χ1v) is 7.35. The van der Waals surface area contributed by atoms with Crippen molar-refractivity contribution in [2.24, 2.45) is 5.92 Å². The van der Waals surface area contributed by atoms with Crippen molar-refractivity contribution < 1.29 is 14.3 Å². The molecule has 1 atom stereocenters. The maximum Gasteiger partial charge on any atom is 0.324 e. The van der Waals surface area contributed by atoms with Crippen molar-refractivity contribution in [2.75, 3.05) is 13.2 Å². The SMILES string of the molecule is CC(C)CC1NC(=O)N(CCOc2cccc(Cl)c2)C1=O. The highest BCUT2D eigenvalue weighted by Crippen LogP contribution is 2.18. The first-order valence-electron chi connectivity index (χ1n) is 6.97. The van der Waals surface area contributed by atoms with Gasteiger partial charge in [0.2, 0.25) is 0 Å². The van der Waals surface area contributed by atoms with E-state index in [2.05, 4.69) is 5.32 Å². The lowest BCUT2D eigenvalue weighted by molar-refractivity contribution is -0.128. The summed E-state index contributed by atoms with van der Waals surface area (Å²) in [5.74, 6) is 0.790. The fourth-order valence-corrected chi connectivity index (χ4v) is 2.41. The molecule has 114 valence electrons. The minimum absolute atomic E-state index is 0.177. The predicted molar refractivity (Wildman–Crippen MR) is 80.4 cm³/mol. The zero-order valence-electron chi connectivity index (χ0n) is 12.1. The Bertz CT molecular complexity index is 533. The van der Waals surface area contributed by atoms with Gasteiger partial charge in [0.05, 0.1) is 6.54 Å². The molecule has 0 spiro atoms. The van der Waals surface area contributed by atoms with E-state index in [4.69, 9.17) is 16.3 Å². The molecule has 3 amide bonds. The number of amides is 3. The van der Waals surface area contributed by atoms with Crippen LogP contribution in [0.25, 0.3) is 0 Å². The van der Waals surface area contributed by atoms with Gasteiger partial charge in [-0.2, -0.15) is 0 Å². The molecule has 1 aliphatic rings. The standard InChI is InChI=1S/C15H19ClN2O3/c1-10(2)8-13-14(19)18(15(20)17-13)6-7-21-12-5-3-4-11(16)9-12/h3-5,9-10,13H,6-8H2,1-2H3,(H,17,20). The van der Waals surface area contributed by atoms with E-state index in [0.717, 1.165) is 0 Å². The largest absolute Gasteiger partial charge is 0.492 e. The lowest BCUT2D eigenvalue weighted by Crippen LogP contribution is -2.35. The molecule has 6 heteroatoms. The zero-order chi connectivity index (χ0) is 15.4. The number of rotatable bonds is 6. The smallest absolute Gasteiger partial charge is 0.324 e. The highest BCUT2D eigenvalue weighted by molar-refractivity contribution is 6.30. The van der Waals surface area contributed by atoms with E-state index in [9.17, 15) is 9.59 Å². The van der Waals surface area contributed by atoms with E-state index in [-0.39, 0.29) is 25.1 Å². The maximum atomic E-state index is 12.1. The monoisotopic (exact) mass is 310 g/mol. The number of nitrogens with one attached hydrogen (secondary N) is 1. The lowest BCUT2D eigenvalue weighted by Gasteiger charge is -2.14. The van der Waals surface area contributed by atoms with Gasteiger partial charge in [0, 0.05) is 5.02 Å². The zero-order valence-corrected chi connectivity index (χ0v) is 12.9. The molecule has 0 bridgehead atoms. The van der Waals surface area contributed by atoms with Gasteiger partial charge in [-0.25, -0.2) is 4.79 Å². The molecule has 1 aliphatic heterocycles. The molecule has 0 aliphatic carbocycles. The van der Waals surface area contributed by atoms with E-state index >= 15 is 0 Å². The Labute approximate surface area is 129 Å². The van der Waals surface area contributed by atoms with E-state index in [1.54, 1.807) is 24.3 Å². The molecule has 0 aromatic heterocycles. The van der Waals surface area contributed by atoms with Gasteiger partial charge >= 0.3 is 6.03 Å². The predicted octanol–water partition coefficient (Wildman–Crippen LogP) is 2.69. The van der Waals surface area contributed by atoms with Crippen LogP contribution in [0.3, 0.4) is 0 Å². The lowest BCUT2D eigenvalue weighted by atomic mass is 10.0. The van der Waals surface area contributed by atoms with E-state index in [0.29, 0.717) is 23.1 Å². The van der Waals surface area contributed by atoms with Crippen LogP contribution in [-0.2, 0) is 4.79 Å². The minimum atomic E-state index is -0.413. The van der Waals surface area contributed by atoms with E-state index in [1.165, 1.54) is 4.90 Å². The van der Waals surface area contributed by atoms with Crippen LogP contribution in [-0.4, -0.2) is 36.0 Å². The van der Waals surface area contributed by atoms with Crippen LogP contribution in [0.2, 0.25) is 5.02 Å². The summed E-state index contributed by atoms with van der Waals surface area (Å²) in [5, 5.41) is 3.29. The molecule has 1 fully saturated rings. The number of carbonyl (C=O) groups excluding carboxylic acids is 2. The third kappa shape index (κ3) is 4.11. The number of hydrogen-bond acceptors (Lipinski definition) is 3. The number of nitrogens with zero attached hydrogens (tertiary/aromatic N) is 1. The summed E-state index contributed by atoms with van der Waals surface area (Å²) in [6.07, 6.45) is 0.649. The Balaban J connectivity index is 1.85. The fraction of sp³-hybridized carbons (Fsp3) is 0.467. The molecule has 1 aromatic rings. The number of urea groups is 1. The fourth-order valence-electron chi connectivity index (χ4n) is 2.23. The number of imide groups is 1. The van der Waals surface area contributed by atoms with E-state index < -0.39 is 6.04 Å². The van der Waals surface area contributed by atoms with Gasteiger partial charge in [0.25, 0.3) is 5.91 Å². The van der Waals surface area contributed by atoms with Crippen molar-refractivity contribution in [3.05, 3.63) is 29.3 Å². The van der Waals surface area contributed by atoms with Crippen molar-refractivity contribution in [1.29, 1.82) is 0 Å². The second kappa shape index (κ2) is 6.80. The summed E-state index contributed by atoms with van der Waals surface area (Å²) in [4.78, 5) is 25.1. The second-order valence-corrected chi connectivity index (χ2v) is 5.86. The van der Waals surface area contributed by atoms with Crippen LogP contribution in [0, 0.1) is 5.92 Å². The summed E-state index contributed by atoms with van der Waals surface area (Å²) in [5.41, 5.74) is 0. The normalized spacial score (nSPS) is 18.3. The molecule has 0 radical (unpaired) electrons. The Kier molecular flexibility index (Phi) is 5.07. The van der Waals surface area contributed by atoms with Crippen LogP contribution < -0.4 is 10.1 Å². The first-order chi connectivity index (χ1) is 9.97. The van der Waals surface area contributed by atoms with Crippen LogP contribution >= 0.6 is 11.6 Å². The van der Waals surface area contributed by atoms with Crippen molar-refractivity contribution in [3.8, 4) is 5.75 Å². The number of hydrogen-bond donors (Lipinski definition) is 1. The molecule has 1 heterocycles. The number of halogens is 1. The Morgan fingerprint density at radius 2 is 2.14 bits per heavy atom. The van der Waals surface area contributed by atoms with Gasteiger partial charge in [-0.05, 0) is 30.5 Å². The van der Waals surface area contributed by atoms with Gasteiger partial charge in [-0.15, -0.1) is 0 Å². The summed E-state index contributed by atoms with van der Waals surface area (Å²) in [6, 6.07) is 6.24. The first kappa shape index (κ1) is 15.6. The molecule has 2 rings (SSSR count). The number of carbonyl (C=O) groups is 2. The molecule has 0 saturated carbocycles. The van der Waals surface area contributed by atoms with Crippen LogP contribution in [0.4, 0.5) is 4.79 Å².